The van der Waals surface area contributed by atoms with Gasteiger partial charge in [0, 0.05) is 32.2 Å². The number of benzene rings is 1. The fourth-order valence-corrected chi connectivity index (χ4v) is 4.00. The van der Waals surface area contributed by atoms with Gasteiger partial charge in [-0.05, 0) is 36.9 Å². The van der Waals surface area contributed by atoms with Crippen LogP contribution in [0.15, 0.2) is 23.4 Å². The van der Waals surface area contributed by atoms with Crippen LogP contribution in [0.1, 0.15) is 64.2 Å². The molecule has 36 heavy (non-hydrogen) atoms. The Balaban J connectivity index is 1.71. The van der Waals surface area contributed by atoms with Crippen LogP contribution in [0.5, 0.6) is 0 Å². The molecule has 2 aliphatic rings. The fourth-order valence-electron chi connectivity index (χ4n) is 3.45. The van der Waals surface area contributed by atoms with Crippen LogP contribution in [0.4, 0.5) is 10.2 Å². The number of aliphatic hydroxyl groups is 3. The summed E-state index contributed by atoms with van der Waals surface area (Å²) in [4.78, 5) is 8.33. The van der Waals surface area contributed by atoms with Gasteiger partial charge in [-0.15, -0.1) is 5.10 Å². The highest BCUT2D eigenvalue weighted by Gasteiger charge is 2.45. The number of aliphatic hydroxyl groups excluding tert-OH is 1. The first-order valence-electron chi connectivity index (χ1n) is 16.5. The summed E-state index contributed by atoms with van der Waals surface area (Å²) in [6, 6.07) is -1.93. The van der Waals surface area contributed by atoms with Crippen molar-refractivity contribution >= 4 is 28.7 Å². The van der Waals surface area contributed by atoms with Crippen LogP contribution in [-0.2, 0) is 4.74 Å². The van der Waals surface area contributed by atoms with E-state index in [1.165, 1.54) is 26.0 Å². The zero-order chi connectivity index (χ0) is 35.4. The molecule has 0 bridgehead atoms. The molecular formula is C24H31FN6O4S. The molecule has 5 rings (SSSR count). The lowest BCUT2D eigenvalue weighted by Crippen LogP contribution is -2.33. The van der Waals surface area contributed by atoms with E-state index in [0.29, 0.717) is 17.3 Å². The Kier molecular flexibility index (Phi) is 4.43. The van der Waals surface area contributed by atoms with Crippen LogP contribution in [0, 0.1) is 12.7 Å². The number of hydrogen-bond donors (Lipinski definition) is 4. The van der Waals surface area contributed by atoms with Crippen molar-refractivity contribution in [1.82, 2.24) is 25.0 Å². The van der Waals surface area contributed by atoms with E-state index in [1.807, 2.05) is 0 Å². The molecular weight excluding hydrogens is 487 g/mol. The summed E-state index contributed by atoms with van der Waals surface area (Å²) < 4.78 is 114. The number of hydrogen-bond acceptors (Lipinski definition) is 10. The van der Waals surface area contributed by atoms with E-state index in [1.54, 1.807) is 0 Å². The molecule has 10 nitrogen and oxygen atoms in total. The Hall–Kier alpha value is -2.38. The van der Waals surface area contributed by atoms with Gasteiger partial charge in [0.05, 0.1) is 32.2 Å². The van der Waals surface area contributed by atoms with Crippen LogP contribution in [-0.4, -0.2) is 83.5 Å². The van der Waals surface area contributed by atoms with Crippen LogP contribution in [0.3, 0.4) is 0 Å². The van der Waals surface area contributed by atoms with Gasteiger partial charge in [-0.25, -0.2) is 19.0 Å². The first-order chi connectivity index (χ1) is 21.4. The number of ether oxygens (including phenoxy) is 1. The average Bonchev–Trinajstić information content (AvgIpc) is 3.21. The number of aromatic nitrogens is 5. The highest BCUT2D eigenvalue weighted by Crippen LogP contribution is 2.44. The average molecular weight is 530 g/mol. The van der Waals surface area contributed by atoms with Crippen molar-refractivity contribution in [3.8, 4) is 0 Å². The maximum Gasteiger partial charge on any atom is 0.191 e. The van der Waals surface area contributed by atoms with Crippen LogP contribution >= 0.6 is 11.8 Å². The summed E-state index contributed by atoms with van der Waals surface area (Å²) in [6.45, 7) is 1.37. The Morgan fingerprint density at radius 2 is 2.17 bits per heavy atom. The van der Waals surface area contributed by atoms with Gasteiger partial charge in [0.25, 0.3) is 0 Å². The standard InChI is InChI=1S/C24H31FN6O4S/c1-3-8-36-24-27-22(26-16-10-14(16)13-5-4-12(2)15(25)9-13)19-23(28-24)31(30-29-19)17-11-18(35-7-6-32)21(34)20(17)33/h4-5,9,14,16-18,20-21,32-34H,3,6-8,10-11H2,1-2H3,(H,26,27,28)/t14-,16+,17+,18-,20-,21+/m0/s1/i8D2,10D2,11D2,16D,17D,18D,20D,21D. The molecule has 4 N–H and O–H groups in total. The van der Waals surface area contributed by atoms with Crippen molar-refractivity contribution in [2.45, 2.75) is 74.4 Å². The summed E-state index contributed by atoms with van der Waals surface area (Å²) in [5.74, 6) is -2.35. The largest absolute Gasteiger partial charge is 0.394 e. The second-order valence-electron chi connectivity index (χ2n) is 7.82. The Labute approximate surface area is 227 Å². The molecule has 3 aromatic rings. The SMILES string of the molecule is [2H]C([2H])(CC)Sc1nc(N[C@@]2([2H])[C@H](c3ccc(C)c(F)c3)C2([2H])[2H])c2nnn([C@]3([2H])C([2H])([2H])[C@]([2H])(OCCO)[C@@]([2H])(O)[C@@]3([2H])O)c2n1. The van der Waals surface area contributed by atoms with Gasteiger partial charge >= 0.3 is 0 Å². The smallest absolute Gasteiger partial charge is 0.191 e. The van der Waals surface area contributed by atoms with Crippen molar-refractivity contribution in [3.63, 3.8) is 0 Å². The Morgan fingerprint density at radius 3 is 2.92 bits per heavy atom. The number of nitrogens with one attached hydrogen (secondary N) is 1. The monoisotopic (exact) mass is 529 g/mol. The number of thioether (sulfide) groups is 1. The number of anilines is 1. The van der Waals surface area contributed by atoms with E-state index in [4.69, 9.17) is 19.8 Å². The Bertz CT molecular complexity index is 1740. The van der Waals surface area contributed by atoms with Gasteiger partial charge in [0.1, 0.15) is 18.0 Å². The lowest BCUT2D eigenvalue weighted by Gasteiger charge is -2.17. The number of rotatable bonds is 10. The molecule has 0 spiro atoms. The minimum atomic E-state index is -3.96. The third-order valence-electron chi connectivity index (χ3n) is 5.32. The summed E-state index contributed by atoms with van der Waals surface area (Å²) in [5, 5.41) is 41.0. The van der Waals surface area contributed by atoms with E-state index in [0.717, 1.165) is 6.07 Å². The van der Waals surface area contributed by atoms with E-state index < -0.39 is 95.8 Å². The topological polar surface area (TPSA) is 138 Å². The van der Waals surface area contributed by atoms with E-state index in [-0.39, 0.29) is 16.7 Å². The van der Waals surface area contributed by atoms with Gasteiger partial charge in [0.15, 0.2) is 22.1 Å². The fraction of sp³-hybridized carbons (Fsp3) is 0.583. The molecule has 0 amide bonds. The lowest BCUT2D eigenvalue weighted by atomic mass is 10.1. The normalized spacial score (nSPS) is 45.5. The number of halogens is 1. The molecule has 2 saturated carbocycles. The van der Waals surface area contributed by atoms with Crippen molar-refractivity contribution in [2.75, 3.05) is 24.2 Å². The summed E-state index contributed by atoms with van der Waals surface area (Å²) >= 11 is 0.443. The van der Waals surface area contributed by atoms with Crippen molar-refractivity contribution in [3.05, 3.63) is 35.1 Å². The van der Waals surface area contributed by atoms with Gasteiger partial charge < -0.3 is 25.4 Å². The van der Waals surface area contributed by atoms with E-state index in [9.17, 15) is 19.7 Å². The van der Waals surface area contributed by atoms with Crippen molar-refractivity contribution in [2.24, 2.45) is 0 Å². The third-order valence-corrected chi connectivity index (χ3v) is 6.12. The second-order valence-corrected chi connectivity index (χ2v) is 8.68. The molecule has 12 heteroatoms. The first-order valence-corrected chi connectivity index (χ1v) is 11.8. The number of aryl methyl sites for hydroxylation is 1. The van der Waals surface area contributed by atoms with Gasteiger partial charge in [-0.1, -0.05) is 36.0 Å². The van der Waals surface area contributed by atoms with Crippen LogP contribution < -0.4 is 5.32 Å². The Morgan fingerprint density at radius 1 is 1.33 bits per heavy atom. The highest BCUT2D eigenvalue weighted by atomic mass is 32.2. The third kappa shape index (κ3) is 4.92. The van der Waals surface area contributed by atoms with Crippen LogP contribution in [0.25, 0.3) is 11.2 Å². The predicted octanol–water partition coefficient (Wildman–Crippen LogP) is 2.18. The minimum Gasteiger partial charge on any atom is -0.394 e. The van der Waals surface area contributed by atoms with Gasteiger partial charge in [-0.2, -0.15) is 0 Å². The molecule has 2 aliphatic carbocycles. The molecule has 2 heterocycles. The molecule has 194 valence electrons. The molecule has 0 unspecified atom stereocenters. The maximum atomic E-state index is 14.4. The molecule has 1 aromatic carbocycles. The molecule has 0 saturated heterocycles. The summed E-state index contributed by atoms with van der Waals surface area (Å²) in [5.41, 5.74) is -2.76. The molecule has 0 radical (unpaired) electrons. The lowest BCUT2D eigenvalue weighted by molar-refractivity contribution is -0.0629. The molecule has 2 aromatic heterocycles. The molecule has 6 atom stereocenters. The highest BCUT2D eigenvalue weighted by molar-refractivity contribution is 7.99. The zero-order valence-corrected chi connectivity index (χ0v) is 20.0. The predicted molar refractivity (Wildman–Crippen MR) is 133 cm³/mol. The zero-order valence-electron chi connectivity index (χ0n) is 30.2. The summed E-state index contributed by atoms with van der Waals surface area (Å²) in [6.07, 6.45) is -17.6. The number of nitrogens with zero attached hydrogens (tertiary/aromatic N) is 5. The molecule has 0 aliphatic heterocycles. The van der Waals surface area contributed by atoms with Gasteiger partial charge in [-0.3, -0.25) is 0 Å². The maximum absolute atomic E-state index is 14.4. The van der Waals surface area contributed by atoms with Crippen molar-refractivity contribution < 1.29 is 39.5 Å². The summed E-state index contributed by atoms with van der Waals surface area (Å²) in [7, 11) is 0. The van der Waals surface area contributed by atoms with E-state index >= 15 is 0 Å². The van der Waals surface area contributed by atoms with Crippen molar-refractivity contribution in [1.29, 1.82) is 0 Å². The van der Waals surface area contributed by atoms with Crippen LogP contribution in [0.2, 0.25) is 0 Å². The minimum absolute atomic E-state index is 0.0713. The quantitative estimate of drug-likeness (QED) is 0.228. The van der Waals surface area contributed by atoms with E-state index in [2.05, 4.69) is 25.6 Å². The number of fused-ring (bicyclic) bond motifs is 1. The first kappa shape index (κ1) is 15.1. The molecule has 2 fully saturated rings. The second kappa shape index (κ2) is 10.5. The van der Waals surface area contributed by atoms with Gasteiger partial charge in [0.2, 0.25) is 0 Å².